The van der Waals surface area contributed by atoms with Crippen molar-refractivity contribution in [2.45, 2.75) is 13.5 Å². The molecule has 8 nitrogen and oxygen atoms in total. The van der Waals surface area contributed by atoms with Gasteiger partial charge in [-0.05, 0) is 55.5 Å². The van der Waals surface area contributed by atoms with Gasteiger partial charge >= 0.3 is 5.97 Å². The highest BCUT2D eigenvalue weighted by Gasteiger charge is 2.13. The Morgan fingerprint density at radius 2 is 1.83 bits per heavy atom. The lowest BCUT2D eigenvalue weighted by molar-refractivity contribution is -0.144. The van der Waals surface area contributed by atoms with E-state index in [0.717, 1.165) is 0 Å². The number of nitrogens with zero attached hydrogens (tertiary/aromatic N) is 2. The summed E-state index contributed by atoms with van der Waals surface area (Å²) in [6.45, 7) is 1.84. The predicted molar refractivity (Wildman–Crippen MR) is 99.4 cm³/mol. The highest BCUT2D eigenvalue weighted by Crippen LogP contribution is 2.16. The summed E-state index contributed by atoms with van der Waals surface area (Å²) in [6, 6.07) is 12.1. The Labute approximate surface area is 165 Å². The standard InChI is InChI=1S/C20H18FN3O5/c1-2-27-16-9-5-14(6-10-16)20(26)22-11-18(25)28-12-17-23-19(24-29-17)13-3-7-15(21)8-4-13/h3-10H,2,11-12H2,1H3,(H,22,26). The Morgan fingerprint density at radius 3 is 2.52 bits per heavy atom. The molecule has 29 heavy (non-hydrogen) atoms. The van der Waals surface area contributed by atoms with Gasteiger partial charge in [-0.2, -0.15) is 4.98 Å². The zero-order chi connectivity index (χ0) is 20.6. The topological polar surface area (TPSA) is 104 Å². The van der Waals surface area contributed by atoms with E-state index in [-0.39, 0.29) is 30.7 Å². The first kappa shape index (κ1) is 20.0. The molecule has 0 saturated heterocycles. The number of rotatable bonds is 8. The molecule has 0 spiro atoms. The first-order chi connectivity index (χ1) is 14.0. The largest absolute Gasteiger partial charge is 0.494 e. The van der Waals surface area contributed by atoms with E-state index in [1.807, 2.05) is 6.92 Å². The maximum atomic E-state index is 12.9. The molecule has 1 heterocycles. The molecular formula is C20H18FN3O5. The number of halogens is 1. The molecule has 0 atom stereocenters. The second-order valence-electron chi connectivity index (χ2n) is 5.82. The van der Waals surface area contributed by atoms with Crippen LogP contribution in [0.15, 0.2) is 53.1 Å². The van der Waals surface area contributed by atoms with Crippen molar-refractivity contribution < 1.29 is 28.0 Å². The number of benzene rings is 2. The average Bonchev–Trinajstić information content (AvgIpc) is 3.21. The van der Waals surface area contributed by atoms with Crippen molar-refractivity contribution in [1.29, 1.82) is 0 Å². The number of aromatic nitrogens is 2. The molecule has 3 aromatic rings. The third-order valence-electron chi connectivity index (χ3n) is 3.75. The lowest BCUT2D eigenvalue weighted by Gasteiger charge is -2.06. The molecule has 150 valence electrons. The number of nitrogens with one attached hydrogen (secondary N) is 1. The van der Waals surface area contributed by atoms with E-state index in [9.17, 15) is 14.0 Å². The molecule has 0 saturated carbocycles. The van der Waals surface area contributed by atoms with E-state index in [4.69, 9.17) is 14.0 Å². The molecule has 3 rings (SSSR count). The molecule has 0 aliphatic heterocycles. The first-order valence-corrected chi connectivity index (χ1v) is 8.80. The lowest BCUT2D eigenvalue weighted by Crippen LogP contribution is -2.30. The minimum absolute atomic E-state index is 0.0792. The van der Waals surface area contributed by atoms with E-state index in [1.54, 1.807) is 24.3 Å². The van der Waals surface area contributed by atoms with Crippen molar-refractivity contribution in [3.05, 3.63) is 65.8 Å². The number of hydrogen-bond acceptors (Lipinski definition) is 7. The number of carbonyl (C=O) groups is 2. The SMILES string of the molecule is CCOc1ccc(C(=O)NCC(=O)OCc2nc(-c3ccc(F)cc3)no2)cc1. The van der Waals surface area contributed by atoms with Crippen LogP contribution in [0.5, 0.6) is 5.75 Å². The van der Waals surface area contributed by atoms with Gasteiger partial charge in [0.05, 0.1) is 6.61 Å². The Balaban J connectivity index is 1.45. The summed E-state index contributed by atoms with van der Waals surface area (Å²) in [4.78, 5) is 27.9. The summed E-state index contributed by atoms with van der Waals surface area (Å²) in [7, 11) is 0. The van der Waals surface area contributed by atoms with E-state index < -0.39 is 11.9 Å². The van der Waals surface area contributed by atoms with Crippen molar-refractivity contribution in [3.8, 4) is 17.1 Å². The Kier molecular flexibility index (Phi) is 6.51. The van der Waals surface area contributed by atoms with Gasteiger partial charge in [0.15, 0.2) is 6.61 Å². The third-order valence-corrected chi connectivity index (χ3v) is 3.75. The molecule has 2 aromatic carbocycles. The van der Waals surface area contributed by atoms with E-state index >= 15 is 0 Å². The Hall–Kier alpha value is -3.75. The summed E-state index contributed by atoms with van der Waals surface area (Å²) in [5, 5.41) is 6.21. The summed E-state index contributed by atoms with van der Waals surface area (Å²) >= 11 is 0. The number of esters is 1. The van der Waals surface area contributed by atoms with E-state index in [1.165, 1.54) is 24.3 Å². The van der Waals surface area contributed by atoms with Gasteiger partial charge in [-0.25, -0.2) is 4.39 Å². The van der Waals surface area contributed by atoms with Crippen molar-refractivity contribution in [3.63, 3.8) is 0 Å². The van der Waals surface area contributed by atoms with Crippen molar-refractivity contribution >= 4 is 11.9 Å². The van der Waals surface area contributed by atoms with Gasteiger partial charge in [-0.1, -0.05) is 5.16 Å². The fraction of sp³-hybridized carbons (Fsp3) is 0.200. The molecular weight excluding hydrogens is 381 g/mol. The quantitative estimate of drug-likeness (QED) is 0.581. The summed E-state index contributed by atoms with van der Waals surface area (Å²) < 4.78 is 28.3. The van der Waals surface area contributed by atoms with Gasteiger partial charge in [0.2, 0.25) is 5.82 Å². The van der Waals surface area contributed by atoms with Crippen molar-refractivity contribution in [2.75, 3.05) is 13.2 Å². The number of amides is 1. The molecule has 0 fully saturated rings. The lowest BCUT2D eigenvalue weighted by atomic mass is 10.2. The number of ether oxygens (including phenoxy) is 2. The average molecular weight is 399 g/mol. The van der Waals surface area contributed by atoms with Crippen LogP contribution in [0, 0.1) is 5.82 Å². The van der Waals surface area contributed by atoms with Crippen LogP contribution >= 0.6 is 0 Å². The van der Waals surface area contributed by atoms with Gasteiger partial charge < -0.3 is 19.3 Å². The highest BCUT2D eigenvalue weighted by molar-refractivity contribution is 5.96. The fourth-order valence-corrected chi connectivity index (χ4v) is 2.35. The molecule has 1 N–H and O–H groups in total. The third kappa shape index (κ3) is 5.61. The summed E-state index contributed by atoms with van der Waals surface area (Å²) in [5.74, 6) is -0.468. The smallest absolute Gasteiger partial charge is 0.325 e. The van der Waals surface area contributed by atoms with Crippen LogP contribution in [-0.2, 0) is 16.1 Å². The van der Waals surface area contributed by atoms with Crippen LogP contribution in [0.4, 0.5) is 4.39 Å². The van der Waals surface area contributed by atoms with Crippen molar-refractivity contribution in [2.24, 2.45) is 0 Å². The molecule has 0 radical (unpaired) electrons. The van der Waals surface area contributed by atoms with Gasteiger partial charge in [0, 0.05) is 11.1 Å². The maximum absolute atomic E-state index is 12.9. The normalized spacial score (nSPS) is 10.4. The fourth-order valence-electron chi connectivity index (χ4n) is 2.35. The second-order valence-corrected chi connectivity index (χ2v) is 5.82. The Bertz CT molecular complexity index is 971. The van der Waals surface area contributed by atoms with Crippen LogP contribution in [0.1, 0.15) is 23.2 Å². The van der Waals surface area contributed by atoms with Gasteiger partial charge in [0.25, 0.3) is 11.8 Å². The van der Waals surface area contributed by atoms with Crippen LogP contribution < -0.4 is 10.1 Å². The molecule has 0 bridgehead atoms. The molecule has 9 heteroatoms. The van der Waals surface area contributed by atoms with Crippen LogP contribution in [0.2, 0.25) is 0 Å². The predicted octanol–water partition coefficient (Wildman–Crippen LogP) is 2.75. The van der Waals surface area contributed by atoms with Crippen LogP contribution in [0.25, 0.3) is 11.4 Å². The van der Waals surface area contributed by atoms with Crippen molar-refractivity contribution in [1.82, 2.24) is 15.5 Å². The van der Waals surface area contributed by atoms with Crippen LogP contribution in [0.3, 0.4) is 0 Å². The first-order valence-electron chi connectivity index (χ1n) is 8.80. The van der Waals surface area contributed by atoms with E-state index in [2.05, 4.69) is 15.5 Å². The van der Waals surface area contributed by atoms with E-state index in [0.29, 0.717) is 23.5 Å². The minimum Gasteiger partial charge on any atom is -0.494 e. The number of carbonyl (C=O) groups excluding carboxylic acids is 2. The summed E-state index contributed by atoms with van der Waals surface area (Å²) in [6.07, 6.45) is 0. The zero-order valence-electron chi connectivity index (χ0n) is 15.6. The van der Waals surface area contributed by atoms with Gasteiger partial charge in [-0.15, -0.1) is 0 Å². The highest BCUT2D eigenvalue weighted by atomic mass is 19.1. The summed E-state index contributed by atoms with van der Waals surface area (Å²) in [5.41, 5.74) is 0.956. The molecule has 1 amide bonds. The second kappa shape index (κ2) is 9.45. The molecule has 1 aromatic heterocycles. The molecule has 0 aliphatic rings. The molecule has 0 aliphatic carbocycles. The minimum atomic E-state index is -0.661. The monoisotopic (exact) mass is 399 g/mol. The Morgan fingerprint density at radius 1 is 1.10 bits per heavy atom. The zero-order valence-corrected chi connectivity index (χ0v) is 15.6. The van der Waals surface area contributed by atoms with Gasteiger partial charge in [0.1, 0.15) is 18.1 Å². The van der Waals surface area contributed by atoms with Gasteiger partial charge in [-0.3, -0.25) is 9.59 Å². The number of hydrogen-bond donors (Lipinski definition) is 1. The maximum Gasteiger partial charge on any atom is 0.325 e. The molecule has 0 unspecified atom stereocenters. The van der Waals surface area contributed by atoms with Crippen LogP contribution in [-0.4, -0.2) is 35.2 Å².